The molecule has 2 rings (SSSR count). The quantitative estimate of drug-likeness (QED) is 0.815. The lowest BCUT2D eigenvalue weighted by Gasteiger charge is -2.37. The molecule has 1 heterocycles. The van der Waals surface area contributed by atoms with Crippen LogP contribution in [0.3, 0.4) is 0 Å². The van der Waals surface area contributed by atoms with E-state index in [2.05, 4.69) is 16.3 Å². The molecule has 1 aromatic carbocycles. The number of aliphatic carboxylic acids is 1. The lowest BCUT2D eigenvalue weighted by molar-refractivity contribution is -0.141. The first kappa shape index (κ1) is 12.1. The van der Waals surface area contributed by atoms with Crippen LogP contribution in [0, 0.1) is 0 Å². The summed E-state index contributed by atoms with van der Waals surface area (Å²) in [7, 11) is 3.68. The number of nitrogens with one attached hydrogen (secondary N) is 1. The maximum Gasteiger partial charge on any atom is 0.322 e. The molecule has 2 unspecified atom stereocenters. The highest BCUT2D eigenvalue weighted by Gasteiger charge is 2.34. The maximum absolute atomic E-state index is 11.3. The van der Waals surface area contributed by atoms with Crippen LogP contribution in [0.1, 0.15) is 17.2 Å². The number of hydrogen-bond acceptors (Lipinski definition) is 3. The lowest BCUT2D eigenvalue weighted by atomic mass is 9.88. The van der Waals surface area contributed by atoms with Crippen LogP contribution in [0.4, 0.5) is 0 Å². The van der Waals surface area contributed by atoms with Crippen molar-refractivity contribution in [1.82, 2.24) is 10.2 Å². The molecule has 2 N–H and O–H groups in total. The zero-order valence-electron chi connectivity index (χ0n) is 10.2. The van der Waals surface area contributed by atoms with Gasteiger partial charge >= 0.3 is 5.97 Å². The average molecular weight is 234 g/mol. The molecule has 0 spiro atoms. The van der Waals surface area contributed by atoms with Gasteiger partial charge in [0.05, 0.1) is 6.04 Å². The van der Waals surface area contributed by atoms with Crippen molar-refractivity contribution in [2.24, 2.45) is 0 Å². The average Bonchev–Trinajstić information content (AvgIpc) is 2.32. The van der Waals surface area contributed by atoms with E-state index in [4.69, 9.17) is 0 Å². The van der Waals surface area contributed by atoms with Crippen molar-refractivity contribution in [2.45, 2.75) is 18.5 Å². The first-order valence-corrected chi connectivity index (χ1v) is 5.83. The Kier molecular flexibility index (Phi) is 3.45. The van der Waals surface area contributed by atoms with Crippen LogP contribution in [0.25, 0.3) is 0 Å². The smallest absolute Gasteiger partial charge is 0.322 e. The minimum Gasteiger partial charge on any atom is -0.480 e. The van der Waals surface area contributed by atoms with E-state index in [-0.39, 0.29) is 6.04 Å². The van der Waals surface area contributed by atoms with Crippen LogP contribution < -0.4 is 5.32 Å². The van der Waals surface area contributed by atoms with Gasteiger partial charge in [-0.3, -0.25) is 9.69 Å². The van der Waals surface area contributed by atoms with Gasteiger partial charge < -0.3 is 10.4 Å². The van der Waals surface area contributed by atoms with E-state index >= 15 is 0 Å². The van der Waals surface area contributed by atoms with Crippen LogP contribution in [0.2, 0.25) is 0 Å². The summed E-state index contributed by atoms with van der Waals surface area (Å²) in [6, 6.07) is 7.44. The largest absolute Gasteiger partial charge is 0.480 e. The molecule has 0 bridgehead atoms. The van der Waals surface area contributed by atoms with Crippen molar-refractivity contribution in [2.75, 3.05) is 20.6 Å². The molecular formula is C13H18N2O2. The van der Waals surface area contributed by atoms with Gasteiger partial charge in [-0.2, -0.15) is 0 Å². The minimum absolute atomic E-state index is 0.0950. The van der Waals surface area contributed by atoms with Crippen molar-refractivity contribution in [3.8, 4) is 0 Å². The van der Waals surface area contributed by atoms with E-state index in [0.717, 1.165) is 18.5 Å². The number of carbonyl (C=O) groups is 1. The Labute approximate surface area is 101 Å². The SMILES string of the molecule is CNC(C(=O)O)C1c2ccccc2CCN1C. The normalized spacial score (nSPS) is 21.9. The van der Waals surface area contributed by atoms with Gasteiger partial charge in [0, 0.05) is 6.54 Å². The van der Waals surface area contributed by atoms with Crippen LogP contribution in [0.15, 0.2) is 24.3 Å². The van der Waals surface area contributed by atoms with E-state index in [1.807, 2.05) is 25.2 Å². The summed E-state index contributed by atoms with van der Waals surface area (Å²) in [5.74, 6) is -0.805. The summed E-state index contributed by atoms with van der Waals surface area (Å²) in [6.45, 7) is 0.896. The Morgan fingerprint density at radius 3 is 2.88 bits per heavy atom. The summed E-state index contributed by atoms with van der Waals surface area (Å²) in [5.41, 5.74) is 2.39. The molecule has 2 atom stereocenters. The second-order valence-corrected chi connectivity index (χ2v) is 4.48. The van der Waals surface area contributed by atoms with Gasteiger partial charge in [0.15, 0.2) is 0 Å². The van der Waals surface area contributed by atoms with Crippen LogP contribution in [0.5, 0.6) is 0 Å². The molecule has 17 heavy (non-hydrogen) atoms. The molecule has 0 saturated carbocycles. The van der Waals surface area contributed by atoms with Crippen molar-refractivity contribution in [3.05, 3.63) is 35.4 Å². The zero-order chi connectivity index (χ0) is 12.4. The standard InChI is InChI=1S/C13H18N2O2/c1-14-11(13(16)17)12-10-6-4-3-5-9(10)7-8-15(12)2/h3-6,11-12,14H,7-8H2,1-2H3,(H,16,17). The molecule has 0 aromatic heterocycles. The van der Waals surface area contributed by atoms with E-state index in [1.54, 1.807) is 7.05 Å². The highest BCUT2D eigenvalue weighted by molar-refractivity contribution is 5.75. The molecule has 0 fully saturated rings. The Morgan fingerprint density at radius 2 is 2.24 bits per heavy atom. The topological polar surface area (TPSA) is 52.6 Å². The van der Waals surface area contributed by atoms with Crippen LogP contribution in [-0.4, -0.2) is 42.7 Å². The third-order valence-corrected chi connectivity index (χ3v) is 3.48. The van der Waals surface area contributed by atoms with Crippen LogP contribution >= 0.6 is 0 Å². The molecule has 0 saturated heterocycles. The summed E-state index contributed by atoms with van der Waals surface area (Å²) < 4.78 is 0. The Balaban J connectivity index is 2.41. The fraction of sp³-hybridized carbons (Fsp3) is 0.462. The molecule has 0 radical (unpaired) electrons. The third kappa shape index (κ3) is 2.18. The molecule has 1 aliphatic heterocycles. The number of nitrogens with zero attached hydrogens (tertiary/aromatic N) is 1. The Morgan fingerprint density at radius 1 is 1.53 bits per heavy atom. The van der Waals surface area contributed by atoms with Gasteiger partial charge in [-0.15, -0.1) is 0 Å². The maximum atomic E-state index is 11.3. The van der Waals surface area contributed by atoms with Crippen molar-refractivity contribution in [1.29, 1.82) is 0 Å². The van der Waals surface area contributed by atoms with Crippen molar-refractivity contribution >= 4 is 5.97 Å². The second kappa shape index (κ2) is 4.85. The number of carboxylic acids is 1. The van der Waals surface area contributed by atoms with Gasteiger partial charge in [0.25, 0.3) is 0 Å². The second-order valence-electron chi connectivity index (χ2n) is 4.48. The number of hydrogen-bond donors (Lipinski definition) is 2. The molecular weight excluding hydrogens is 216 g/mol. The number of rotatable bonds is 3. The van der Waals surface area contributed by atoms with Gasteiger partial charge in [-0.05, 0) is 31.6 Å². The lowest BCUT2D eigenvalue weighted by Crippen LogP contribution is -2.48. The van der Waals surface area contributed by atoms with E-state index < -0.39 is 12.0 Å². The van der Waals surface area contributed by atoms with Crippen LogP contribution in [-0.2, 0) is 11.2 Å². The highest BCUT2D eigenvalue weighted by Crippen LogP contribution is 2.30. The molecule has 1 aliphatic rings. The Bertz CT molecular complexity index is 420. The van der Waals surface area contributed by atoms with Gasteiger partial charge in [-0.25, -0.2) is 0 Å². The summed E-state index contributed by atoms with van der Waals surface area (Å²) in [6.07, 6.45) is 0.985. The minimum atomic E-state index is -0.805. The number of benzene rings is 1. The van der Waals surface area contributed by atoms with E-state index in [1.165, 1.54) is 5.56 Å². The number of fused-ring (bicyclic) bond motifs is 1. The molecule has 92 valence electrons. The van der Waals surface area contributed by atoms with Gasteiger partial charge in [0.1, 0.15) is 6.04 Å². The highest BCUT2D eigenvalue weighted by atomic mass is 16.4. The first-order valence-electron chi connectivity index (χ1n) is 5.83. The first-order chi connectivity index (χ1) is 8.15. The zero-order valence-corrected chi connectivity index (χ0v) is 10.2. The van der Waals surface area contributed by atoms with Gasteiger partial charge in [-0.1, -0.05) is 24.3 Å². The fourth-order valence-corrected chi connectivity index (χ4v) is 2.57. The van der Waals surface area contributed by atoms with Crippen molar-refractivity contribution in [3.63, 3.8) is 0 Å². The third-order valence-electron chi connectivity index (χ3n) is 3.48. The number of likely N-dealkylation sites (N-methyl/N-ethyl adjacent to an activating group) is 2. The Hall–Kier alpha value is -1.39. The fourth-order valence-electron chi connectivity index (χ4n) is 2.57. The summed E-state index contributed by atoms with van der Waals surface area (Å²) in [5, 5.41) is 12.2. The molecule has 1 aromatic rings. The molecule has 4 heteroatoms. The van der Waals surface area contributed by atoms with Crippen molar-refractivity contribution < 1.29 is 9.90 Å². The predicted octanol–water partition coefficient (Wildman–Crippen LogP) is 0.888. The summed E-state index contributed by atoms with van der Waals surface area (Å²) >= 11 is 0. The van der Waals surface area contributed by atoms with Gasteiger partial charge in [0.2, 0.25) is 0 Å². The van der Waals surface area contributed by atoms with E-state index in [0.29, 0.717) is 0 Å². The van der Waals surface area contributed by atoms with E-state index in [9.17, 15) is 9.90 Å². The molecule has 0 amide bonds. The monoisotopic (exact) mass is 234 g/mol. The predicted molar refractivity (Wildman–Crippen MR) is 66.0 cm³/mol. The number of carboxylic acid groups (broad SMARTS) is 1. The summed E-state index contributed by atoms with van der Waals surface area (Å²) in [4.78, 5) is 13.4. The molecule has 4 nitrogen and oxygen atoms in total. The molecule has 0 aliphatic carbocycles.